The lowest BCUT2D eigenvalue weighted by atomic mass is 10.1. The highest BCUT2D eigenvalue weighted by atomic mass is 79.9. The zero-order valence-electron chi connectivity index (χ0n) is 11.4. The van der Waals surface area contributed by atoms with Gasteiger partial charge in [-0.25, -0.2) is 9.59 Å². The normalized spacial score (nSPS) is 17.6. The molecule has 1 aromatic carbocycles. The van der Waals surface area contributed by atoms with Crippen LogP contribution in [-0.4, -0.2) is 23.1 Å². The van der Waals surface area contributed by atoms with Crippen LogP contribution in [0.4, 0.5) is 10.5 Å². The number of hydrogen-bond acceptors (Lipinski definition) is 2. The lowest BCUT2D eigenvalue weighted by Crippen LogP contribution is -2.40. The molecule has 0 heterocycles. The number of rotatable bonds is 5. The van der Waals surface area contributed by atoms with Gasteiger partial charge in [0, 0.05) is 10.5 Å². The van der Waals surface area contributed by atoms with Crippen molar-refractivity contribution < 1.29 is 14.7 Å². The van der Waals surface area contributed by atoms with Crippen LogP contribution >= 0.6 is 15.9 Å². The summed E-state index contributed by atoms with van der Waals surface area (Å²) >= 11 is 3.29. The van der Waals surface area contributed by atoms with Gasteiger partial charge < -0.3 is 15.7 Å². The maximum absolute atomic E-state index is 12.1. The molecule has 0 saturated heterocycles. The Balaban J connectivity index is 1.62. The topological polar surface area (TPSA) is 78.4 Å². The Morgan fingerprint density at radius 2 is 1.81 bits per heavy atom. The molecule has 5 nitrogen and oxygen atoms in total. The van der Waals surface area contributed by atoms with Gasteiger partial charge in [-0.3, -0.25) is 0 Å². The predicted octanol–water partition coefficient (Wildman–Crippen LogP) is 3.46. The number of aromatic carboxylic acids is 1. The SMILES string of the molecule is O=C(Nc1ccc(C(=O)O)cc1Br)NC(C1CC1)C1CC1. The molecule has 0 atom stereocenters. The third-order valence-electron chi connectivity index (χ3n) is 4.02. The Morgan fingerprint density at radius 1 is 1.19 bits per heavy atom. The van der Waals surface area contributed by atoms with Crippen molar-refractivity contribution in [3.8, 4) is 0 Å². The van der Waals surface area contributed by atoms with E-state index < -0.39 is 5.97 Å². The highest BCUT2D eigenvalue weighted by Crippen LogP contribution is 2.44. The minimum absolute atomic E-state index is 0.182. The zero-order chi connectivity index (χ0) is 15.0. The molecule has 0 radical (unpaired) electrons. The van der Waals surface area contributed by atoms with Gasteiger partial charge in [-0.05, 0) is 71.6 Å². The first kappa shape index (κ1) is 14.4. The molecule has 0 spiro atoms. The summed E-state index contributed by atoms with van der Waals surface area (Å²) in [5.41, 5.74) is 0.754. The number of carbonyl (C=O) groups is 2. The first-order chi connectivity index (χ1) is 10.0. The van der Waals surface area contributed by atoms with Crippen molar-refractivity contribution in [1.29, 1.82) is 0 Å². The maximum Gasteiger partial charge on any atom is 0.335 e. The van der Waals surface area contributed by atoms with Crippen LogP contribution in [0.1, 0.15) is 36.0 Å². The molecule has 2 aliphatic carbocycles. The second kappa shape index (κ2) is 5.67. The van der Waals surface area contributed by atoms with Crippen molar-refractivity contribution in [2.75, 3.05) is 5.32 Å². The molecular formula is C15H17BrN2O3. The number of amides is 2. The summed E-state index contributed by atoms with van der Waals surface area (Å²) < 4.78 is 0.562. The predicted molar refractivity (Wildman–Crippen MR) is 82.5 cm³/mol. The first-order valence-corrected chi connectivity index (χ1v) is 7.94. The van der Waals surface area contributed by atoms with Crippen LogP contribution in [0, 0.1) is 11.8 Å². The lowest BCUT2D eigenvalue weighted by molar-refractivity contribution is 0.0697. The Hall–Kier alpha value is -1.56. The van der Waals surface area contributed by atoms with Crippen LogP contribution in [0.15, 0.2) is 22.7 Å². The second-order valence-corrected chi connectivity index (χ2v) is 6.65. The van der Waals surface area contributed by atoms with Crippen molar-refractivity contribution >= 4 is 33.6 Å². The Morgan fingerprint density at radius 3 is 2.29 bits per heavy atom. The molecule has 2 amide bonds. The minimum atomic E-state index is -0.991. The van der Waals surface area contributed by atoms with Gasteiger partial charge in [-0.15, -0.1) is 0 Å². The van der Waals surface area contributed by atoms with Crippen LogP contribution in [0.2, 0.25) is 0 Å². The van der Waals surface area contributed by atoms with Crippen molar-refractivity contribution in [2.45, 2.75) is 31.7 Å². The zero-order valence-corrected chi connectivity index (χ0v) is 13.0. The molecule has 0 aromatic heterocycles. The fourth-order valence-electron chi connectivity index (χ4n) is 2.59. The van der Waals surface area contributed by atoms with E-state index in [1.165, 1.54) is 37.8 Å². The second-order valence-electron chi connectivity index (χ2n) is 5.80. The molecule has 0 aliphatic heterocycles. The van der Waals surface area contributed by atoms with Crippen molar-refractivity contribution in [3.05, 3.63) is 28.2 Å². The molecular weight excluding hydrogens is 336 g/mol. The van der Waals surface area contributed by atoms with E-state index in [0.29, 0.717) is 28.0 Å². The summed E-state index contributed by atoms with van der Waals surface area (Å²) in [6.07, 6.45) is 4.83. The molecule has 2 fully saturated rings. The monoisotopic (exact) mass is 352 g/mol. The van der Waals surface area contributed by atoms with Crippen LogP contribution in [-0.2, 0) is 0 Å². The summed E-state index contributed by atoms with van der Waals surface area (Å²) in [7, 11) is 0. The van der Waals surface area contributed by atoms with Gasteiger partial charge in [0.25, 0.3) is 0 Å². The molecule has 0 bridgehead atoms. The standard InChI is InChI=1S/C15H17BrN2O3/c16-11-7-10(14(19)20)5-6-12(11)17-15(21)18-13(8-1-2-8)9-3-4-9/h5-9,13H,1-4H2,(H,19,20)(H2,17,18,21). The molecule has 6 heteroatoms. The van der Waals surface area contributed by atoms with E-state index in [1.54, 1.807) is 6.07 Å². The minimum Gasteiger partial charge on any atom is -0.478 e. The van der Waals surface area contributed by atoms with Crippen molar-refractivity contribution in [1.82, 2.24) is 5.32 Å². The van der Waals surface area contributed by atoms with Crippen LogP contribution in [0.25, 0.3) is 0 Å². The molecule has 2 aliphatic rings. The highest BCUT2D eigenvalue weighted by molar-refractivity contribution is 9.10. The van der Waals surface area contributed by atoms with Gasteiger partial charge in [0.1, 0.15) is 0 Å². The van der Waals surface area contributed by atoms with Crippen molar-refractivity contribution in [2.24, 2.45) is 11.8 Å². The molecule has 2 saturated carbocycles. The fraction of sp³-hybridized carbons (Fsp3) is 0.467. The van der Waals surface area contributed by atoms with E-state index in [1.807, 2.05) is 0 Å². The quantitative estimate of drug-likeness (QED) is 0.759. The summed E-state index contributed by atoms with van der Waals surface area (Å²) in [5, 5.41) is 14.8. The van der Waals surface area contributed by atoms with Crippen LogP contribution in [0.5, 0.6) is 0 Å². The number of anilines is 1. The van der Waals surface area contributed by atoms with Gasteiger partial charge >= 0.3 is 12.0 Å². The number of carboxylic acids is 1. The maximum atomic E-state index is 12.1. The van der Waals surface area contributed by atoms with Crippen LogP contribution in [0.3, 0.4) is 0 Å². The molecule has 3 rings (SSSR count). The molecule has 3 N–H and O–H groups in total. The summed E-state index contributed by atoms with van der Waals surface area (Å²) in [4.78, 5) is 23.0. The third kappa shape index (κ3) is 3.56. The Kier molecular flexibility index (Phi) is 3.89. The number of carboxylic acid groups (broad SMARTS) is 1. The Bertz CT molecular complexity index is 570. The summed E-state index contributed by atoms with van der Waals surface area (Å²) in [6.45, 7) is 0. The number of carbonyl (C=O) groups excluding carboxylic acids is 1. The number of nitrogens with one attached hydrogen (secondary N) is 2. The highest BCUT2D eigenvalue weighted by Gasteiger charge is 2.42. The smallest absolute Gasteiger partial charge is 0.335 e. The van der Waals surface area contributed by atoms with E-state index in [9.17, 15) is 9.59 Å². The third-order valence-corrected chi connectivity index (χ3v) is 4.68. The molecule has 112 valence electrons. The average Bonchev–Trinajstić information content (AvgIpc) is 3.30. The number of urea groups is 1. The van der Waals surface area contributed by atoms with E-state index in [2.05, 4.69) is 26.6 Å². The first-order valence-electron chi connectivity index (χ1n) is 7.15. The number of benzene rings is 1. The lowest BCUT2D eigenvalue weighted by Gasteiger charge is -2.18. The van der Waals surface area contributed by atoms with Gasteiger partial charge in [0.15, 0.2) is 0 Å². The van der Waals surface area contributed by atoms with E-state index in [4.69, 9.17) is 5.11 Å². The van der Waals surface area contributed by atoms with Gasteiger partial charge in [-0.1, -0.05) is 0 Å². The van der Waals surface area contributed by atoms with Gasteiger partial charge in [0.2, 0.25) is 0 Å². The summed E-state index contributed by atoms with van der Waals surface area (Å²) in [5.74, 6) is 0.288. The van der Waals surface area contributed by atoms with Crippen LogP contribution < -0.4 is 10.6 Å². The Labute approximate surface area is 131 Å². The molecule has 21 heavy (non-hydrogen) atoms. The van der Waals surface area contributed by atoms with Gasteiger partial charge in [0.05, 0.1) is 11.3 Å². The van der Waals surface area contributed by atoms with Crippen molar-refractivity contribution in [3.63, 3.8) is 0 Å². The summed E-state index contributed by atoms with van der Waals surface area (Å²) in [6, 6.07) is 4.62. The van der Waals surface area contributed by atoms with E-state index >= 15 is 0 Å². The molecule has 0 unspecified atom stereocenters. The number of halogens is 1. The van der Waals surface area contributed by atoms with Gasteiger partial charge in [-0.2, -0.15) is 0 Å². The molecule has 1 aromatic rings. The number of hydrogen-bond donors (Lipinski definition) is 3. The van der Waals surface area contributed by atoms with E-state index in [-0.39, 0.29) is 11.6 Å². The largest absolute Gasteiger partial charge is 0.478 e. The fourth-order valence-corrected chi connectivity index (χ4v) is 3.07. The average molecular weight is 353 g/mol. The van der Waals surface area contributed by atoms with E-state index in [0.717, 1.165) is 0 Å².